The molecular weight excluding hydrogens is 452 g/mol. The average Bonchev–Trinajstić information content (AvgIpc) is 3.63. The lowest BCUT2D eigenvalue weighted by molar-refractivity contribution is 0.0562. The Bertz CT molecular complexity index is 862. The molecule has 5 nitrogen and oxygen atoms in total. The predicted molar refractivity (Wildman–Crippen MR) is 145 cm³/mol. The van der Waals surface area contributed by atoms with Crippen LogP contribution in [0.2, 0.25) is 0 Å². The van der Waals surface area contributed by atoms with E-state index in [1.54, 1.807) is 12.1 Å². The number of carbonyl (C=O) groups is 1. The van der Waals surface area contributed by atoms with Gasteiger partial charge in [-0.2, -0.15) is 0 Å². The van der Waals surface area contributed by atoms with Gasteiger partial charge in [0.15, 0.2) is 0 Å². The van der Waals surface area contributed by atoms with Crippen molar-refractivity contribution in [3.63, 3.8) is 0 Å². The summed E-state index contributed by atoms with van der Waals surface area (Å²) in [7, 11) is 0. The standard InChI is InChI=1S/C31H44O5/c1-3-5-7-9-11-13-15-29-30(35-29)36-31(32)34-28-22-18-26(19-23-28)25-16-20-27(21-17-25)33-24-14-12-10-8-6-4-2/h16-23,29-30H,3-15,24H2,1-2H3/t29-,30+/m0/s1. The third kappa shape index (κ3) is 10.6. The van der Waals surface area contributed by atoms with E-state index in [1.807, 2.05) is 24.3 Å². The Labute approximate surface area is 217 Å². The zero-order chi connectivity index (χ0) is 25.4. The van der Waals surface area contributed by atoms with Gasteiger partial charge in [-0.05, 0) is 48.2 Å². The van der Waals surface area contributed by atoms with E-state index in [1.165, 1.54) is 64.2 Å². The summed E-state index contributed by atoms with van der Waals surface area (Å²) in [4.78, 5) is 12.1. The van der Waals surface area contributed by atoms with Crippen molar-refractivity contribution in [1.29, 1.82) is 0 Å². The number of ether oxygens (including phenoxy) is 4. The second-order valence-corrected chi connectivity index (χ2v) is 9.73. The minimum absolute atomic E-state index is 0.0175. The molecule has 1 heterocycles. The molecule has 1 aliphatic heterocycles. The molecule has 0 radical (unpaired) electrons. The maximum atomic E-state index is 12.1. The number of unbranched alkanes of at least 4 members (excludes halogenated alkanes) is 10. The first-order chi connectivity index (χ1) is 17.7. The molecule has 198 valence electrons. The summed E-state index contributed by atoms with van der Waals surface area (Å²) < 4.78 is 21.9. The highest BCUT2D eigenvalue weighted by molar-refractivity contribution is 5.67. The molecule has 1 fully saturated rings. The Morgan fingerprint density at radius 3 is 1.83 bits per heavy atom. The Kier molecular flexibility index (Phi) is 12.7. The van der Waals surface area contributed by atoms with Gasteiger partial charge in [0.2, 0.25) is 6.29 Å². The molecule has 0 saturated carbocycles. The van der Waals surface area contributed by atoms with E-state index in [0.29, 0.717) is 5.75 Å². The summed E-state index contributed by atoms with van der Waals surface area (Å²) in [6.45, 7) is 5.22. The maximum Gasteiger partial charge on any atom is 0.516 e. The maximum absolute atomic E-state index is 12.1. The first-order valence-electron chi connectivity index (χ1n) is 14.1. The van der Waals surface area contributed by atoms with Gasteiger partial charge in [0.05, 0.1) is 6.61 Å². The zero-order valence-electron chi connectivity index (χ0n) is 22.2. The predicted octanol–water partition coefficient (Wildman–Crippen LogP) is 9.08. The van der Waals surface area contributed by atoms with Gasteiger partial charge < -0.3 is 18.9 Å². The summed E-state index contributed by atoms with van der Waals surface area (Å²) in [5.41, 5.74) is 2.13. The van der Waals surface area contributed by atoms with E-state index < -0.39 is 12.4 Å². The highest BCUT2D eigenvalue weighted by Gasteiger charge is 2.42. The molecule has 0 bridgehead atoms. The smallest absolute Gasteiger partial charge is 0.494 e. The summed E-state index contributed by atoms with van der Waals surface area (Å²) in [5, 5.41) is 0. The average molecular weight is 497 g/mol. The van der Waals surface area contributed by atoms with Crippen LogP contribution in [0.15, 0.2) is 48.5 Å². The van der Waals surface area contributed by atoms with Gasteiger partial charge in [0, 0.05) is 0 Å². The molecule has 36 heavy (non-hydrogen) atoms. The molecule has 0 aliphatic carbocycles. The highest BCUT2D eigenvalue weighted by atomic mass is 16.8. The van der Waals surface area contributed by atoms with Crippen LogP contribution in [-0.4, -0.2) is 25.2 Å². The molecule has 0 unspecified atom stereocenters. The van der Waals surface area contributed by atoms with E-state index in [0.717, 1.165) is 42.7 Å². The molecule has 1 aliphatic rings. The van der Waals surface area contributed by atoms with Crippen molar-refractivity contribution in [3.8, 4) is 22.6 Å². The second-order valence-electron chi connectivity index (χ2n) is 9.73. The van der Waals surface area contributed by atoms with Crippen LogP contribution in [0, 0.1) is 0 Å². The summed E-state index contributed by atoms with van der Waals surface area (Å²) in [6, 6.07) is 15.5. The van der Waals surface area contributed by atoms with Gasteiger partial charge in [0.25, 0.3) is 0 Å². The van der Waals surface area contributed by atoms with Crippen LogP contribution in [0.5, 0.6) is 11.5 Å². The molecule has 1 saturated heterocycles. The molecule has 3 rings (SSSR count). The number of hydrogen-bond donors (Lipinski definition) is 0. The lowest BCUT2D eigenvalue weighted by Crippen LogP contribution is -2.14. The van der Waals surface area contributed by atoms with Crippen LogP contribution in [0.25, 0.3) is 11.1 Å². The Morgan fingerprint density at radius 2 is 1.22 bits per heavy atom. The number of carbonyl (C=O) groups excluding carboxylic acids is 1. The van der Waals surface area contributed by atoms with Crippen molar-refractivity contribution in [3.05, 3.63) is 48.5 Å². The lowest BCUT2D eigenvalue weighted by atomic mass is 10.1. The van der Waals surface area contributed by atoms with Crippen LogP contribution in [0.3, 0.4) is 0 Å². The minimum Gasteiger partial charge on any atom is -0.494 e. The Balaban J connectivity index is 1.31. The molecule has 5 heteroatoms. The van der Waals surface area contributed by atoms with Crippen molar-refractivity contribution in [2.75, 3.05) is 6.61 Å². The molecular formula is C31H44O5. The fraction of sp³-hybridized carbons (Fsp3) is 0.581. The SMILES string of the molecule is CCCCCCCCOc1ccc(-c2ccc(OC(=O)O[C@H]3O[C@H]3CCCCCCCC)cc2)cc1. The van der Waals surface area contributed by atoms with E-state index in [2.05, 4.69) is 26.0 Å². The monoisotopic (exact) mass is 496 g/mol. The van der Waals surface area contributed by atoms with Crippen molar-refractivity contribution in [1.82, 2.24) is 0 Å². The highest BCUT2D eigenvalue weighted by Crippen LogP contribution is 2.30. The lowest BCUT2D eigenvalue weighted by Gasteiger charge is -2.08. The normalized spacial score (nSPS) is 16.5. The quantitative estimate of drug-likeness (QED) is 0.0891. The fourth-order valence-corrected chi connectivity index (χ4v) is 4.31. The van der Waals surface area contributed by atoms with Crippen molar-refractivity contribution in [2.45, 2.75) is 110 Å². The van der Waals surface area contributed by atoms with Crippen LogP contribution < -0.4 is 9.47 Å². The van der Waals surface area contributed by atoms with Crippen molar-refractivity contribution in [2.24, 2.45) is 0 Å². The van der Waals surface area contributed by atoms with Crippen LogP contribution >= 0.6 is 0 Å². The third-order valence-electron chi connectivity index (χ3n) is 6.60. The molecule has 0 amide bonds. The molecule has 2 atom stereocenters. The first-order valence-corrected chi connectivity index (χ1v) is 14.1. The number of epoxide rings is 1. The zero-order valence-corrected chi connectivity index (χ0v) is 22.2. The van der Waals surface area contributed by atoms with Gasteiger partial charge in [-0.25, -0.2) is 4.79 Å². The topological polar surface area (TPSA) is 57.3 Å². The molecule has 0 spiro atoms. The summed E-state index contributed by atoms with van der Waals surface area (Å²) >= 11 is 0. The van der Waals surface area contributed by atoms with Gasteiger partial charge in [-0.15, -0.1) is 0 Å². The van der Waals surface area contributed by atoms with E-state index in [9.17, 15) is 4.79 Å². The Hall–Kier alpha value is -2.53. The van der Waals surface area contributed by atoms with Crippen molar-refractivity contribution >= 4 is 6.16 Å². The van der Waals surface area contributed by atoms with Gasteiger partial charge in [0.1, 0.15) is 17.6 Å². The van der Waals surface area contributed by atoms with Crippen molar-refractivity contribution < 1.29 is 23.7 Å². The largest absolute Gasteiger partial charge is 0.516 e. The molecule has 0 aromatic heterocycles. The Morgan fingerprint density at radius 1 is 0.694 bits per heavy atom. The number of rotatable bonds is 18. The summed E-state index contributed by atoms with van der Waals surface area (Å²) in [6.07, 6.45) is 14.8. The minimum atomic E-state index is -0.718. The van der Waals surface area contributed by atoms with Crippen LogP contribution in [0.1, 0.15) is 97.3 Å². The summed E-state index contributed by atoms with van der Waals surface area (Å²) in [5.74, 6) is 1.35. The van der Waals surface area contributed by atoms with E-state index in [-0.39, 0.29) is 6.10 Å². The fourth-order valence-electron chi connectivity index (χ4n) is 4.31. The second kappa shape index (κ2) is 16.3. The van der Waals surface area contributed by atoms with Gasteiger partial charge >= 0.3 is 6.16 Å². The van der Waals surface area contributed by atoms with Gasteiger partial charge in [-0.3, -0.25) is 0 Å². The molecule has 0 N–H and O–H groups in total. The number of hydrogen-bond acceptors (Lipinski definition) is 5. The van der Waals surface area contributed by atoms with Gasteiger partial charge in [-0.1, -0.05) is 109 Å². The van der Waals surface area contributed by atoms with Crippen LogP contribution in [-0.2, 0) is 9.47 Å². The molecule has 2 aromatic carbocycles. The first kappa shape index (κ1) is 28.0. The van der Waals surface area contributed by atoms with E-state index >= 15 is 0 Å². The van der Waals surface area contributed by atoms with E-state index in [4.69, 9.17) is 18.9 Å². The third-order valence-corrected chi connectivity index (χ3v) is 6.60. The van der Waals surface area contributed by atoms with Crippen LogP contribution in [0.4, 0.5) is 4.79 Å². The number of benzene rings is 2. The molecule has 2 aromatic rings.